The molecule has 0 aliphatic rings. The van der Waals surface area contributed by atoms with E-state index in [4.69, 9.17) is 4.74 Å². The van der Waals surface area contributed by atoms with Gasteiger partial charge >= 0.3 is 6.09 Å². The molecule has 5 nitrogen and oxygen atoms in total. The maximum absolute atomic E-state index is 12.4. The zero-order chi connectivity index (χ0) is 23.6. The van der Waals surface area contributed by atoms with Crippen molar-refractivity contribution in [3.05, 3.63) is 71.8 Å². The fourth-order valence-electron chi connectivity index (χ4n) is 3.39. The van der Waals surface area contributed by atoms with E-state index in [0.29, 0.717) is 18.9 Å². The van der Waals surface area contributed by atoms with E-state index in [-0.39, 0.29) is 17.8 Å². The van der Waals surface area contributed by atoms with E-state index < -0.39 is 11.7 Å². The molecule has 0 radical (unpaired) electrons. The van der Waals surface area contributed by atoms with Crippen LogP contribution in [0.15, 0.2) is 60.7 Å². The summed E-state index contributed by atoms with van der Waals surface area (Å²) in [6.45, 7) is 10.6. The summed E-state index contributed by atoms with van der Waals surface area (Å²) in [5, 5.41) is 16.2. The highest BCUT2D eigenvalue weighted by Gasteiger charge is 2.20. The number of hydrogen-bond acceptors (Lipinski definition) is 4. The summed E-state index contributed by atoms with van der Waals surface area (Å²) in [4.78, 5) is 12.4. The van der Waals surface area contributed by atoms with Crippen molar-refractivity contribution in [2.75, 3.05) is 6.54 Å². The van der Waals surface area contributed by atoms with Crippen LogP contribution < -0.4 is 10.6 Å². The first-order valence-corrected chi connectivity index (χ1v) is 11.3. The lowest BCUT2D eigenvalue weighted by Crippen LogP contribution is -2.47. The summed E-state index contributed by atoms with van der Waals surface area (Å²) in [6.07, 6.45) is 5.52. The van der Waals surface area contributed by atoms with Crippen molar-refractivity contribution in [3.63, 3.8) is 0 Å². The van der Waals surface area contributed by atoms with Crippen molar-refractivity contribution in [1.29, 1.82) is 0 Å². The highest BCUT2D eigenvalue weighted by molar-refractivity contribution is 5.68. The third kappa shape index (κ3) is 10.5. The Bertz CT molecular complexity index is 839. The van der Waals surface area contributed by atoms with Crippen molar-refractivity contribution in [1.82, 2.24) is 10.6 Å². The zero-order valence-corrected chi connectivity index (χ0v) is 20.0. The van der Waals surface area contributed by atoms with Gasteiger partial charge in [-0.2, -0.15) is 0 Å². The minimum atomic E-state index is -0.556. The van der Waals surface area contributed by atoms with Crippen LogP contribution in [0.4, 0.5) is 4.79 Å². The molecule has 0 aliphatic heterocycles. The third-order valence-electron chi connectivity index (χ3n) is 4.81. The van der Waals surface area contributed by atoms with Gasteiger partial charge in [-0.25, -0.2) is 4.79 Å². The normalized spacial score (nSPS) is 13.8. The first kappa shape index (κ1) is 25.5. The number of hydrogen-bond donors (Lipinski definition) is 3. The van der Waals surface area contributed by atoms with Gasteiger partial charge in [-0.05, 0) is 62.8 Å². The van der Waals surface area contributed by atoms with Crippen molar-refractivity contribution >= 4 is 12.2 Å². The van der Waals surface area contributed by atoms with Gasteiger partial charge in [0.15, 0.2) is 0 Å². The third-order valence-corrected chi connectivity index (χ3v) is 4.81. The molecule has 2 rings (SSSR count). The topological polar surface area (TPSA) is 70.6 Å². The number of ether oxygens (including phenoxy) is 1. The van der Waals surface area contributed by atoms with E-state index in [2.05, 4.69) is 48.8 Å². The number of nitrogens with one attached hydrogen (secondary N) is 2. The Labute approximate surface area is 192 Å². The number of alkyl carbamates (subject to hydrolysis) is 1. The van der Waals surface area contributed by atoms with Gasteiger partial charge in [-0.1, -0.05) is 68.5 Å². The number of phenols is 1. The van der Waals surface area contributed by atoms with Crippen molar-refractivity contribution in [2.45, 2.75) is 65.1 Å². The Balaban J connectivity index is 2.08. The second-order valence-electron chi connectivity index (χ2n) is 9.63. The number of benzene rings is 2. The predicted octanol–water partition coefficient (Wildman–Crippen LogP) is 5.55. The van der Waals surface area contributed by atoms with Gasteiger partial charge in [0.05, 0.1) is 0 Å². The van der Waals surface area contributed by atoms with E-state index >= 15 is 0 Å². The van der Waals surface area contributed by atoms with Crippen LogP contribution in [-0.4, -0.2) is 35.4 Å². The quantitative estimate of drug-likeness (QED) is 0.455. The molecule has 32 heavy (non-hydrogen) atoms. The maximum atomic E-state index is 12.4. The molecule has 2 aromatic rings. The van der Waals surface area contributed by atoms with Crippen LogP contribution in [0.5, 0.6) is 5.75 Å². The van der Waals surface area contributed by atoms with Crippen LogP contribution in [0.1, 0.15) is 52.2 Å². The molecule has 0 saturated heterocycles. The number of aromatic hydroxyl groups is 1. The molecule has 0 spiro atoms. The number of rotatable bonds is 10. The molecule has 0 aliphatic carbocycles. The first-order chi connectivity index (χ1) is 15.1. The number of phenolic OH excluding ortho intramolecular Hbond substituents is 1. The molecule has 1 amide bonds. The summed E-state index contributed by atoms with van der Waals surface area (Å²) in [5.74, 6) is 0.758. The summed E-state index contributed by atoms with van der Waals surface area (Å²) in [7, 11) is 0. The highest BCUT2D eigenvalue weighted by atomic mass is 16.6. The largest absolute Gasteiger partial charge is 0.508 e. The van der Waals surface area contributed by atoms with E-state index in [0.717, 1.165) is 17.5 Å². The lowest BCUT2D eigenvalue weighted by atomic mass is 10.0. The number of amides is 1. The molecule has 0 fully saturated rings. The van der Waals surface area contributed by atoms with Crippen LogP contribution in [-0.2, 0) is 11.2 Å². The van der Waals surface area contributed by atoms with Gasteiger partial charge in [-0.3, -0.25) is 0 Å². The lowest BCUT2D eigenvalue weighted by Gasteiger charge is -2.26. The van der Waals surface area contributed by atoms with Crippen LogP contribution >= 0.6 is 0 Å². The second-order valence-corrected chi connectivity index (χ2v) is 9.63. The van der Waals surface area contributed by atoms with Crippen LogP contribution in [0.3, 0.4) is 0 Å². The predicted molar refractivity (Wildman–Crippen MR) is 132 cm³/mol. The Hall–Kier alpha value is -2.79. The molecular weight excluding hydrogens is 400 g/mol. The minimum absolute atomic E-state index is 0.158. The molecule has 0 saturated carbocycles. The monoisotopic (exact) mass is 438 g/mol. The fourth-order valence-corrected chi connectivity index (χ4v) is 3.39. The van der Waals surface area contributed by atoms with E-state index in [9.17, 15) is 9.90 Å². The van der Waals surface area contributed by atoms with Crippen LogP contribution in [0.2, 0.25) is 0 Å². The Morgan fingerprint density at radius 2 is 1.72 bits per heavy atom. The summed E-state index contributed by atoms with van der Waals surface area (Å²) in [5.41, 5.74) is 1.64. The minimum Gasteiger partial charge on any atom is -0.508 e. The van der Waals surface area contributed by atoms with Gasteiger partial charge in [0, 0.05) is 18.6 Å². The highest BCUT2D eigenvalue weighted by Crippen LogP contribution is 2.14. The van der Waals surface area contributed by atoms with Gasteiger partial charge < -0.3 is 20.5 Å². The van der Waals surface area contributed by atoms with Crippen molar-refractivity contribution < 1.29 is 14.6 Å². The lowest BCUT2D eigenvalue weighted by molar-refractivity contribution is 0.0503. The van der Waals surface area contributed by atoms with E-state index in [1.54, 1.807) is 12.1 Å². The molecular formula is C27H38N2O3. The Morgan fingerprint density at radius 3 is 2.31 bits per heavy atom. The standard InChI is InChI=1S/C27H38N2O3/c1-20(2)17-23(14-11-21-9-7-6-8-10-21)28-19-24(29-26(31)32-27(3,4)5)18-22-12-15-25(30)16-13-22/h6-16,20,23-24,28,30H,17-19H2,1-5H3,(H,29,31)/b14-11+/t23-,24-/m1/s1. The summed E-state index contributed by atoms with van der Waals surface area (Å²) < 4.78 is 5.47. The Kier molecular flexibility index (Phi) is 9.79. The fraction of sp³-hybridized carbons (Fsp3) is 0.444. The molecule has 3 N–H and O–H groups in total. The zero-order valence-electron chi connectivity index (χ0n) is 20.0. The molecule has 0 bridgehead atoms. The molecule has 0 aromatic heterocycles. The number of carbonyl (C=O) groups excluding carboxylic acids is 1. The van der Waals surface area contributed by atoms with Gasteiger partial charge in [0.2, 0.25) is 0 Å². The van der Waals surface area contributed by atoms with E-state index in [1.807, 2.05) is 51.1 Å². The molecule has 174 valence electrons. The van der Waals surface area contributed by atoms with Crippen molar-refractivity contribution in [2.24, 2.45) is 5.92 Å². The SMILES string of the molecule is CC(C)C[C@@H](/C=C/c1ccccc1)NC[C@@H](Cc1ccc(O)cc1)NC(=O)OC(C)(C)C. The summed E-state index contributed by atoms with van der Waals surface area (Å²) >= 11 is 0. The average Bonchev–Trinajstić information content (AvgIpc) is 2.70. The van der Waals surface area contributed by atoms with Crippen molar-refractivity contribution in [3.8, 4) is 5.75 Å². The maximum Gasteiger partial charge on any atom is 0.407 e. The van der Waals surface area contributed by atoms with E-state index in [1.165, 1.54) is 0 Å². The van der Waals surface area contributed by atoms with Gasteiger partial charge in [-0.15, -0.1) is 0 Å². The second kappa shape index (κ2) is 12.3. The molecule has 0 heterocycles. The first-order valence-electron chi connectivity index (χ1n) is 11.3. The molecule has 5 heteroatoms. The van der Waals surface area contributed by atoms with Gasteiger partial charge in [0.25, 0.3) is 0 Å². The average molecular weight is 439 g/mol. The summed E-state index contributed by atoms with van der Waals surface area (Å²) in [6, 6.07) is 17.3. The molecule has 0 unspecified atom stereocenters. The smallest absolute Gasteiger partial charge is 0.407 e. The molecule has 2 aromatic carbocycles. The van der Waals surface area contributed by atoms with Gasteiger partial charge in [0.1, 0.15) is 11.4 Å². The van der Waals surface area contributed by atoms with Crippen LogP contribution in [0, 0.1) is 5.92 Å². The Morgan fingerprint density at radius 1 is 1.06 bits per heavy atom. The number of carbonyl (C=O) groups is 1. The van der Waals surface area contributed by atoms with Crippen LogP contribution in [0.25, 0.3) is 6.08 Å². The molecule has 2 atom stereocenters.